The van der Waals surface area contributed by atoms with Gasteiger partial charge in [-0.2, -0.15) is 13.2 Å². The van der Waals surface area contributed by atoms with Crippen molar-refractivity contribution < 1.29 is 35.9 Å². The van der Waals surface area contributed by atoms with E-state index in [1.54, 1.807) is 0 Å². The van der Waals surface area contributed by atoms with Gasteiger partial charge in [0.25, 0.3) is 0 Å². The molecule has 176 valence electrons. The van der Waals surface area contributed by atoms with E-state index in [1.165, 1.54) is 6.92 Å². The molecule has 2 amide bonds. The monoisotopic (exact) mass is 454 g/mol. The number of nitrogens with one attached hydrogen (secondary N) is 2. The third kappa shape index (κ3) is 4.87. The van der Waals surface area contributed by atoms with E-state index in [1.807, 2.05) is 0 Å². The third-order valence-corrected chi connectivity index (χ3v) is 6.91. The smallest absolute Gasteiger partial charge is 0.353 e. The number of carbonyl (C=O) groups is 2. The molecule has 4 nitrogen and oxygen atoms in total. The van der Waals surface area contributed by atoms with Crippen molar-refractivity contribution >= 4 is 11.8 Å². The third-order valence-electron chi connectivity index (χ3n) is 6.91. The Kier molecular flexibility index (Phi) is 6.96. The first-order chi connectivity index (χ1) is 14.4. The number of carbonyl (C=O) groups excluding carboxylic acids is 2. The van der Waals surface area contributed by atoms with Crippen LogP contribution in [-0.4, -0.2) is 48.6 Å². The van der Waals surface area contributed by atoms with Gasteiger partial charge in [-0.15, -0.1) is 0 Å². The summed E-state index contributed by atoms with van der Waals surface area (Å²) in [6, 6.07) is -1.72. The molecule has 0 radical (unpaired) electrons. The topological polar surface area (TPSA) is 58.2 Å². The molecule has 31 heavy (non-hydrogen) atoms. The summed E-state index contributed by atoms with van der Waals surface area (Å²) in [6.07, 6.45) is -8.87. The zero-order valence-corrected chi connectivity index (χ0v) is 17.4. The van der Waals surface area contributed by atoms with E-state index in [0.717, 1.165) is 6.92 Å². The predicted octanol–water partition coefficient (Wildman–Crippen LogP) is 4.10. The fourth-order valence-electron chi connectivity index (χ4n) is 5.25. The van der Waals surface area contributed by atoms with Crippen LogP contribution in [0.5, 0.6) is 0 Å². The lowest BCUT2D eigenvalue weighted by molar-refractivity contribution is -0.133. The molecule has 2 fully saturated rings. The van der Waals surface area contributed by atoms with Crippen molar-refractivity contribution in [2.24, 2.45) is 17.8 Å². The number of amides is 2. The maximum Gasteiger partial charge on any atom is 0.413 e. The Hall–Kier alpha value is -1.74. The first kappa shape index (κ1) is 23.9. The number of halogens is 6. The van der Waals surface area contributed by atoms with Crippen molar-refractivity contribution in [3.8, 4) is 0 Å². The van der Waals surface area contributed by atoms with Crippen LogP contribution in [-0.2, 0) is 9.59 Å². The van der Waals surface area contributed by atoms with Crippen LogP contribution in [0.15, 0.2) is 11.1 Å². The molecule has 6 unspecified atom stereocenters. The van der Waals surface area contributed by atoms with Gasteiger partial charge in [0.2, 0.25) is 11.8 Å². The molecule has 0 aromatic carbocycles. The molecule has 3 rings (SSSR count). The van der Waals surface area contributed by atoms with Gasteiger partial charge in [-0.3, -0.25) is 9.59 Å². The van der Waals surface area contributed by atoms with E-state index in [-0.39, 0.29) is 32.1 Å². The van der Waals surface area contributed by atoms with Gasteiger partial charge < -0.3 is 10.6 Å². The molecule has 10 heteroatoms. The van der Waals surface area contributed by atoms with Crippen molar-refractivity contribution in [2.45, 2.75) is 89.1 Å². The summed E-state index contributed by atoms with van der Waals surface area (Å²) in [7, 11) is 0. The first-order valence-corrected chi connectivity index (χ1v) is 10.8. The lowest BCUT2D eigenvalue weighted by atomic mass is 9.72. The maximum absolute atomic E-state index is 14.5. The van der Waals surface area contributed by atoms with Gasteiger partial charge in [0.15, 0.2) is 0 Å². The van der Waals surface area contributed by atoms with Crippen molar-refractivity contribution in [1.82, 2.24) is 10.6 Å². The minimum atomic E-state index is -4.97. The SMILES string of the molecule is C[C@@H](C(=O)N[C@@H](C)C1CCC(F)CC1F)C1=C(C(F)(F)F)C2C(F)CCCC2NC1=O. The number of hydrogen-bond acceptors (Lipinski definition) is 2. The van der Waals surface area contributed by atoms with E-state index < -0.39 is 77.5 Å². The molecule has 0 saturated heterocycles. The highest BCUT2D eigenvalue weighted by Crippen LogP contribution is 2.46. The molecule has 0 bridgehead atoms. The van der Waals surface area contributed by atoms with E-state index in [0.29, 0.717) is 6.42 Å². The fraction of sp³-hybridized carbons (Fsp3) is 0.810. The van der Waals surface area contributed by atoms with Crippen LogP contribution in [0.25, 0.3) is 0 Å². The second-order valence-electron chi connectivity index (χ2n) is 8.99. The summed E-state index contributed by atoms with van der Waals surface area (Å²) in [4.78, 5) is 25.3. The molecule has 8 atom stereocenters. The van der Waals surface area contributed by atoms with Crippen LogP contribution in [0.2, 0.25) is 0 Å². The number of alkyl halides is 6. The Bertz CT molecular complexity index is 740. The van der Waals surface area contributed by atoms with Gasteiger partial charge in [-0.05, 0) is 46.0 Å². The summed E-state index contributed by atoms with van der Waals surface area (Å²) in [5.74, 6) is -5.64. The molecule has 2 N–H and O–H groups in total. The molecule has 3 aliphatic rings. The van der Waals surface area contributed by atoms with Gasteiger partial charge in [0.1, 0.15) is 18.5 Å². The Morgan fingerprint density at radius 3 is 2.35 bits per heavy atom. The molecular weight excluding hydrogens is 426 g/mol. The lowest BCUT2D eigenvalue weighted by Crippen LogP contribution is -2.56. The van der Waals surface area contributed by atoms with Crippen LogP contribution in [0.1, 0.15) is 52.4 Å². The average Bonchev–Trinajstić information content (AvgIpc) is 2.65. The molecule has 2 saturated carbocycles. The van der Waals surface area contributed by atoms with Crippen molar-refractivity contribution in [3.05, 3.63) is 11.1 Å². The molecule has 0 spiro atoms. The van der Waals surface area contributed by atoms with E-state index in [4.69, 9.17) is 0 Å². The summed E-state index contributed by atoms with van der Waals surface area (Å²) in [5, 5.41) is 4.94. The van der Waals surface area contributed by atoms with Gasteiger partial charge in [0.05, 0.1) is 11.5 Å². The minimum absolute atomic E-state index is 0.0450. The van der Waals surface area contributed by atoms with Crippen molar-refractivity contribution in [2.75, 3.05) is 0 Å². The summed E-state index contributed by atoms with van der Waals surface area (Å²) >= 11 is 0. The highest BCUT2D eigenvalue weighted by Gasteiger charge is 2.53. The average molecular weight is 454 g/mol. The number of rotatable bonds is 4. The van der Waals surface area contributed by atoms with Crippen molar-refractivity contribution in [1.29, 1.82) is 0 Å². The van der Waals surface area contributed by atoms with Crippen LogP contribution >= 0.6 is 0 Å². The summed E-state index contributed by atoms with van der Waals surface area (Å²) in [6.45, 7) is 2.67. The summed E-state index contributed by atoms with van der Waals surface area (Å²) < 4.78 is 84.0. The Morgan fingerprint density at radius 2 is 1.74 bits per heavy atom. The molecule has 0 aromatic rings. The standard InChI is InChI=1S/C21H28F6N2O2/c1-9(19(30)28-10(2)12-7-6-11(22)8-14(12)24)16-18(21(25,26)27)17-13(23)4-3-5-15(17)29-20(16)31/h9-15,17H,3-8H2,1-2H3,(H,28,30)(H,29,31)/t9-,10+,11?,12?,13?,14?,15?,17?/m1/s1. The van der Waals surface area contributed by atoms with E-state index in [2.05, 4.69) is 10.6 Å². The zero-order valence-electron chi connectivity index (χ0n) is 17.4. The molecular formula is C21H28F6N2O2. The summed E-state index contributed by atoms with van der Waals surface area (Å²) in [5.41, 5.74) is -2.06. The van der Waals surface area contributed by atoms with E-state index in [9.17, 15) is 35.9 Å². The first-order valence-electron chi connectivity index (χ1n) is 10.8. The van der Waals surface area contributed by atoms with Gasteiger partial charge in [0, 0.05) is 35.9 Å². The van der Waals surface area contributed by atoms with Crippen molar-refractivity contribution in [3.63, 3.8) is 0 Å². The van der Waals surface area contributed by atoms with Crippen LogP contribution in [0, 0.1) is 17.8 Å². The Balaban J connectivity index is 1.85. The van der Waals surface area contributed by atoms with Crippen LogP contribution < -0.4 is 10.6 Å². The highest BCUT2D eigenvalue weighted by molar-refractivity contribution is 6.02. The van der Waals surface area contributed by atoms with Gasteiger partial charge in [-0.25, -0.2) is 13.2 Å². The zero-order chi connectivity index (χ0) is 23.1. The van der Waals surface area contributed by atoms with E-state index >= 15 is 0 Å². The lowest BCUT2D eigenvalue weighted by Gasteiger charge is -2.42. The minimum Gasteiger partial charge on any atom is -0.353 e. The van der Waals surface area contributed by atoms with Crippen LogP contribution in [0.4, 0.5) is 26.3 Å². The molecule has 1 heterocycles. The number of fused-ring (bicyclic) bond motifs is 1. The van der Waals surface area contributed by atoms with Gasteiger partial charge >= 0.3 is 6.18 Å². The quantitative estimate of drug-likeness (QED) is 0.629. The maximum atomic E-state index is 14.5. The second-order valence-corrected chi connectivity index (χ2v) is 8.99. The highest BCUT2D eigenvalue weighted by atomic mass is 19.4. The fourth-order valence-corrected chi connectivity index (χ4v) is 5.25. The molecule has 2 aliphatic carbocycles. The Labute approximate surface area is 177 Å². The molecule has 1 aliphatic heterocycles. The van der Waals surface area contributed by atoms with Gasteiger partial charge in [-0.1, -0.05) is 0 Å². The normalized spacial score (nSPS) is 36.3. The van der Waals surface area contributed by atoms with Crippen LogP contribution in [0.3, 0.4) is 0 Å². The largest absolute Gasteiger partial charge is 0.413 e. The number of hydrogen-bond donors (Lipinski definition) is 2. The Morgan fingerprint density at radius 1 is 1.06 bits per heavy atom. The predicted molar refractivity (Wildman–Crippen MR) is 101 cm³/mol. The second kappa shape index (κ2) is 9.02. The molecule has 0 aromatic heterocycles.